The van der Waals surface area contributed by atoms with E-state index in [1.54, 1.807) is 30.3 Å². The molecule has 0 saturated carbocycles. The molecule has 0 fully saturated rings. The molecule has 7 nitrogen and oxygen atoms in total. The SMILES string of the molecule is O=[N+]([O-])C=Cc1cc(Br)ccc1OCc1cccc([N+](=O)[O-])c1. The van der Waals surface area contributed by atoms with E-state index in [1.807, 2.05) is 0 Å². The van der Waals surface area contributed by atoms with Gasteiger partial charge in [0, 0.05) is 28.2 Å². The molecule has 0 heterocycles. The number of nitrogens with zero attached hydrogens (tertiary/aromatic N) is 2. The number of halogens is 1. The summed E-state index contributed by atoms with van der Waals surface area (Å²) in [6.45, 7) is 0.114. The van der Waals surface area contributed by atoms with Crippen molar-refractivity contribution in [1.82, 2.24) is 0 Å². The molecular formula is C15H11BrN2O5. The summed E-state index contributed by atoms with van der Waals surface area (Å²) in [5.41, 5.74) is 1.14. The van der Waals surface area contributed by atoms with Crippen LogP contribution >= 0.6 is 15.9 Å². The van der Waals surface area contributed by atoms with E-state index in [0.717, 1.165) is 10.7 Å². The fraction of sp³-hybridized carbons (Fsp3) is 0.0667. The fourth-order valence-corrected chi connectivity index (χ4v) is 2.22. The number of hydrogen-bond donors (Lipinski definition) is 0. The van der Waals surface area contributed by atoms with E-state index in [2.05, 4.69) is 15.9 Å². The van der Waals surface area contributed by atoms with Gasteiger partial charge in [-0.25, -0.2) is 0 Å². The van der Waals surface area contributed by atoms with Crippen molar-refractivity contribution in [2.45, 2.75) is 6.61 Å². The monoisotopic (exact) mass is 378 g/mol. The highest BCUT2D eigenvalue weighted by atomic mass is 79.9. The van der Waals surface area contributed by atoms with Crippen LogP contribution in [-0.4, -0.2) is 9.85 Å². The van der Waals surface area contributed by atoms with Crippen LogP contribution in [0.5, 0.6) is 5.75 Å². The second kappa shape index (κ2) is 7.50. The Morgan fingerprint density at radius 1 is 1.13 bits per heavy atom. The van der Waals surface area contributed by atoms with Crippen molar-refractivity contribution < 1.29 is 14.6 Å². The summed E-state index contributed by atoms with van der Waals surface area (Å²) in [7, 11) is 0. The maximum absolute atomic E-state index is 10.8. The van der Waals surface area contributed by atoms with Crippen molar-refractivity contribution in [1.29, 1.82) is 0 Å². The Kier molecular flexibility index (Phi) is 5.42. The van der Waals surface area contributed by atoms with Crippen LogP contribution in [0.1, 0.15) is 11.1 Å². The van der Waals surface area contributed by atoms with E-state index in [4.69, 9.17) is 4.74 Å². The first-order valence-electron chi connectivity index (χ1n) is 6.43. The van der Waals surface area contributed by atoms with Crippen LogP contribution < -0.4 is 4.74 Å². The van der Waals surface area contributed by atoms with Gasteiger partial charge in [-0.15, -0.1) is 0 Å². The maximum atomic E-state index is 10.8. The van der Waals surface area contributed by atoms with E-state index >= 15 is 0 Å². The Hall–Kier alpha value is -2.74. The summed E-state index contributed by atoms with van der Waals surface area (Å²) >= 11 is 3.29. The number of nitro benzene ring substituents is 1. The van der Waals surface area contributed by atoms with E-state index < -0.39 is 9.85 Å². The van der Waals surface area contributed by atoms with E-state index in [9.17, 15) is 20.2 Å². The van der Waals surface area contributed by atoms with Gasteiger partial charge in [-0.1, -0.05) is 28.1 Å². The molecule has 8 heteroatoms. The zero-order chi connectivity index (χ0) is 16.8. The highest BCUT2D eigenvalue weighted by molar-refractivity contribution is 9.10. The van der Waals surface area contributed by atoms with Crippen LogP contribution in [0.3, 0.4) is 0 Å². The van der Waals surface area contributed by atoms with Gasteiger partial charge in [-0.05, 0) is 23.8 Å². The van der Waals surface area contributed by atoms with Gasteiger partial charge in [-0.2, -0.15) is 0 Å². The Labute approximate surface area is 139 Å². The molecule has 2 aromatic carbocycles. The zero-order valence-corrected chi connectivity index (χ0v) is 13.3. The van der Waals surface area contributed by atoms with Crippen molar-refractivity contribution in [3.8, 4) is 5.75 Å². The second-order valence-electron chi connectivity index (χ2n) is 4.50. The molecule has 0 unspecified atom stereocenters. The first-order valence-corrected chi connectivity index (χ1v) is 7.22. The standard InChI is InChI=1S/C15H11BrN2O5/c16-13-4-5-15(12(9-13)6-7-17(19)20)23-10-11-2-1-3-14(8-11)18(21)22/h1-9H,10H2. The summed E-state index contributed by atoms with van der Waals surface area (Å²) < 4.78 is 6.38. The summed E-state index contributed by atoms with van der Waals surface area (Å²) in [6.07, 6.45) is 2.15. The Bertz CT molecular complexity index is 776. The third kappa shape index (κ3) is 4.89. The normalized spacial score (nSPS) is 10.7. The number of rotatable bonds is 6. The molecule has 0 aliphatic carbocycles. The predicted molar refractivity (Wildman–Crippen MR) is 87.6 cm³/mol. The van der Waals surface area contributed by atoms with Gasteiger partial charge in [0.05, 0.1) is 9.85 Å². The van der Waals surface area contributed by atoms with E-state index in [1.165, 1.54) is 18.2 Å². The fourth-order valence-electron chi connectivity index (χ4n) is 1.84. The Balaban J connectivity index is 2.18. The quantitative estimate of drug-likeness (QED) is 0.554. The van der Waals surface area contributed by atoms with Gasteiger partial charge >= 0.3 is 0 Å². The number of benzene rings is 2. The smallest absolute Gasteiger partial charge is 0.269 e. The average molecular weight is 379 g/mol. The molecule has 118 valence electrons. The Morgan fingerprint density at radius 3 is 2.61 bits per heavy atom. The third-order valence-corrected chi connectivity index (χ3v) is 3.36. The summed E-state index contributed by atoms with van der Waals surface area (Å²) in [6, 6.07) is 11.2. The summed E-state index contributed by atoms with van der Waals surface area (Å²) in [4.78, 5) is 20.2. The lowest BCUT2D eigenvalue weighted by Crippen LogP contribution is -1.98. The number of non-ortho nitro benzene ring substituents is 1. The molecule has 23 heavy (non-hydrogen) atoms. The lowest BCUT2D eigenvalue weighted by molar-refractivity contribution is -0.400. The molecule has 0 aliphatic rings. The molecule has 0 N–H and O–H groups in total. The maximum Gasteiger partial charge on any atom is 0.269 e. The average Bonchev–Trinajstić information content (AvgIpc) is 2.52. The van der Waals surface area contributed by atoms with Gasteiger partial charge in [0.25, 0.3) is 5.69 Å². The van der Waals surface area contributed by atoms with Crippen LogP contribution in [-0.2, 0) is 6.61 Å². The molecule has 0 bridgehead atoms. The lowest BCUT2D eigenvalue weighted by atomic mass is 10.2. The number of nitro groups is 2. The van der Waals surface area contributed by atoms with Crippen LogP contribution in [0.2, 0.25) is 0 Å². The number of hydrogen-bond acceptors (Lipinski definition) is 5. The van der Waals surface area contributed by atoms with Gasteiger partial charge in [0.1, 0.15) is 12.4 Å². The molecular weight excluding hydrogens is 368 g/mol. The third-order valence-electron chi connectivity index (χ3n) is 2.86. The highest BCUT2D eigenvalue weighted by Gasteiger charge is 2.08. The van der Waals surface area contributed by atoms with Crippen LogP contribution in [0.15, 0.2) is 53.1 Å². The van der Waals surface area contributed by atoms with Crippen molar-refractivity contribution in [3.63, 3.8) is 0 Å². The summed E-state index contributed by atoms with van der Waals surface area (Å²) in [5, 5.41) is 21.2. The first-order chi connectivity index (χ1) is 11.0. The minimum Gasteiger partial charge on any atom is -0.488 e. The molecule has 0 aromatic heterocycles. The predicted octanol–water partition coefficient (Wildman–Crippen LogP) is 4.18. The second-order valence-corrected chi connectivity index (χ2v) is 5.41. The van der Waals surface area contributed by atoms with Gasteiger partial charge in [0.2, 0.25) is 6.20 Å². The van der Waals surface area contributed by atoms with Gasteiger partial charge in [0.15, 0.2) is 0 Å². The lowest BCUT2D eigenvalue weighted by Gasteiger charge is -2.09. The van der Waals surface area contributed by atoms with Crippen molar-refractivity contribution in [3.05, 3.63) is 84.5 Å². The molecule has 2 aromatic rings. The number of ether oxygens (including phenoxy) is 1. The summed E-state index contributed by atoms with van der Waals surface area (Å²) in [5.74, 6) is 0.442. The highest BCUT2D eigenvalue weighted by Crippen LogP contribution is 2.26. The first kappa shape index (κ1) is 16.6. The van der Waals surface area contributed by atoms with Crippen LogP contribution in [0.4, 0.5) is 5.69 Å². The minimum absolute atomic E-state index is 0.0182. The van der Waals surface area contributed by atoms with Gasteiger partial charge in [-0.3, -0.25) is 20.2 Å². The van der Waals surface area contributed by atoms with E-state index in [-0.39, 0.29) is 12.3 Å². The molecule has 0 atom stereocenters. The molecule has 0 amide bonds. The topological polar surface area (TPSA) is 95.5 Å². The Morgan fingerprint density at radius 2 is 1.91 bits per heavy atom. The molecule has 0 aliphatic heterocycles. The largest absolute Gasteiger partial charge is 0.488 e. The van der Waals surface area contributed by atoms with Crippen molar-refractivity contribution in [2.75, 3.05) is 0 Å². The van der Waals surface area contributed by atoms with Crippen LogP contribution in [0.25, 0.3) is 6.08 Å². The van der Waals surface area contributed by atoms with Gasteiger partial charge < -0.3 is 4.74 Å². The minimum atomic E-state index is -0.564. The van der Waals surface area contributed by atoms with Crippen molar-refractivity contribution in [2.24, 2.45) is 0 Å². The molecule has 0 saturated heterocycles. The molecule has 0 spiro atoms. The molecule has 2 rings (SSSR count). The van der Waals surface area contributed by atoms with Crippen LogP contribution in [0, 0.1) is 20.2 Å². The zero-order valence-electron chi connectivity index (χ0n) is 11.7. The molecule has 0 radical (unpaired) electrons. The van der Waals surface area contributed by atoms with E-state index in [0.29, 0.717) is 16.9 Å². The van der Waals surface area contributed by atoms with Crippen molar-refractivity contribution >= 4 is 27.7 Å².